The van der Waals surface area contributed by atoms with Gasteiger partial charge in [0.25, 0.3) is 0 Å². The average Bonchev–Trinajstić information content (AvgIpc) is 3.32. The number of nitrogens with zero attached hydrogens (tertiary/aromatic N) is 3. The number of fused-ring (bicyclic) bond motifs is 1. The van der Waals surface area contributed by atoms with Crippen molar-refractivity contribution in [3.05, 3.63) is 59.5 Å². The lowest BCUT2D eigenvalue weighted by molar-refractivity contribution is 0.0978. The van der Waals surface area contributed by atoms with E-state index in [1.165, 1.54) is 18.4 Å². The summed E-state index contributed by atoms with van der Waals surface area (Å²) in [5.41, 5.74) is 3.46. The number of aromatic nitrogens is 3. The van der Waals surface area contributed by atoms with E-state index >= 15 is 0 Å². The predicted molar refractivity (Wildman–Crippen MR) is 97.0 cm³/mol. The van der Waals surface area contributed by atoms with Gasteiger partial charge in [-0.1, -0.05) is 30.3 Å². The van der Waals surface area contributed by atoms with E-state index in [1.807, 2.05) is 0 Å². The number of aryl methyl sites for hydroxylation is 1. The Morgan fingerprint density at radius 1 is 1.08 bits per heavy atom. The van der Waals surface area contributed by atoms with Crippen molar-refractivity contribution >= 4 is 5.65 Å². The summed E-state index contributed by atoms with van der Waals surface area (Å²) in [6.07, 6.45) is 8.27. The molecule has 2 aliphatic rings. The highest BCUT2D eigenvalue weighted by Gasteiger charge is 2.32. The number of pyridine rings is 1. The summed E-state index contributed by atoms with van der Waals surface area (Å²) in [5, 5.41) is 8.81. The predicted octanol–water partition coefficient (Wildman–Crippen LogP) is 4.32. The summed E-state index contributed by atoms with van der Waals surface area (Å²) < 4.78 is 8.40. The van der Waals surface area contributed by atoms with Crippen molar-refractivity contribution in [3.8, 4) is 5.75 Å². The quantitative estimate of drug-likeness (QED) is 0.698. The van der Waals surface area contributed by atoms with E-state index in [1.54, 1.807) is 0 Å². The van der Waals surface area contributed by atoms with Crippen LogP contribution in [0.2, 0.25) is 0 Å². The van der Waals surface area contributed by atoms with Gasteiger partial charge in [0.2, 0.25) is 0 Å². The molecule has 0 amide bonds. The Morgan fingerprint density at radius 3 is 2.64 bits per heavy atom. The molecule has 4 nitrogen and oxygen atoms in total. The van der Waals surface area contributed by atoms with Crippen molar-refractivity contribution in [2.75, 3.05) is 0 Å². The molecule has 3 aromatic rings. The van der Waals surface area contributed by atoms with Gasteiger partial charge in [-0.2, -0.15) is 0 Å². The molecule has 2 fully saturated rings. The number of ether oxygens (including phenoxy) is 1. The molecule has 2 aromatic heterocycles. The molecule has 0 N–H and O–H groups in total. The molecule has 1 aromatic carbocycles. The van der Waals surface area contributed by atoms with E-state index in [-0.39, 0.29) is 0 Å². The summed E-state index contributed by atoms with van der Waals surface area (Å²) >= 11 is 0. The van der Waals surface area contributed by atoms with E-state index in [0.29, 0.717) is 12.0 Å². The summed E-state index contributed by atoms with van der Waals surface area (Å²) in [6, 6.07) is 12.8. The van der Waals surface area contributed by atoms with E-state index in [0.717, 1.165) is 48.0 Å². The van der Waals surface area contributed by atoms with Gasteiger partial charge in [-0.15, -0.1) is 10.2 Å². The fourth-order valence-electron chi connectivity index (χ4n) is 3.80. The monoisotopic (exact) mass is 333 g/mol. The number of hydrogen-bond donors (Lipinski definition) is 0. The normalized spacial score (nSPS) is 22.8. The second kappa shape index (κ2) is 5.87. The fraction of sp³-hybridized carbons (Fsp3) is 0.429. The second-order valence-electron chi connectivity index (χ2n) is 7.58. The zero-order chi connectivity index (χ0) is 16.8. The molecule has 0 bridgehead atoms. The minimum Gasteiger partial charge on any atom is -0.490 e. The maximum atomic E-state index is 6.26. The Labute approximate surface area is 147 Å². The third kappa shape index (κ3) is 2.80. The third-order valence-corrected chi connectivity index (χ3v) is 5.67. The Morgan fingerprint density at radius 2 is 1.88 bits per heavy atom. The molecule has 128 valence electrons. The smallest absolute Gasteiger partial charge is 0.167 e. The lowest BCUT2D eigenvalue weighted by Gasteiger charge is -2.36. The largest absolute Gasteiger partial charge is 0.490 e. The van der Waals surface area contributed by atoms with E-state index in [2.05, 4.69) is 64.1 Å². The molecular formula is C21H23N3O. The van der Waals surface area contributed by atoms with Crippen molar-refractivity contribution in [2.24, 2.45) is 5.92 Å². The van der Waals surface area contributed by atoms with Crippen LogP contribution in [-0.4, -0.2) is 20.7 Å². The molecule has 0 aliphatic heterocycles. The van der Waals surface area contributed by atoms with Gasteiger partial charge >= 0.3 is 0 Å². The highest BCUT2D eigenvalue weighted by Crippen LogP contribution is 2.40. The van der Waals surface area contributed by atoms with Crippen LogP contribution >= 0.6 is 0 Å². The molecule has 4 heteroatoms. The SMILES string of the molecule is Cc1c(O[C@H]2C[C@H](c3ccccc3)C2)ccn2c(CC3CC3)nnc12. The molecule has 0 atom stereocenters. The van der Waals surface area contributed by atoms with Gasteiger partial charge in [0.15, 0.2) is 5.65 Å². The molecule has 5 rings (SSSR count). The molecular weight excluding hydrogens is 310 g/mol. The maximum Gasteiger partial charge on any atom is 0.167 e. The number of benzene rings is 1. The van der Waals surface area contributed by atoms with Crippen LogP contribution in [0.5, 0.6) is 5.75 Å². The number of hydrogen-bond acceptors (Lipinski definition) is 3. The van der Waals surface area contributed by atoms with Crippen LogP contribution in [0.25, 0.3) is 5.65 Å². The maximum absolute atomic E-state index is 6.26. The van der Waals surface area contributed by atoms with Gasteiger partial charge in [0.1, 0.15) is 11.6 Å². The highest BCUT2D eigenvalue weighted by molar-refractivity contribution is 5.54. The van der Waals surface area contributed by atoms with Gasteiger partial charge in [-0.25, -0.2) is 0 Å². The highest BCUT2D eigenvalue weighted by atomic mass is 16.5. The number of rotatable bonds is 5. The third-order valence-electron chi connectivity index (χ3n) is 5.67. The van der Waals surface area contributed by atoms with Gasteiger partial charge in [0.05, 0.1) is 6.10 Å². The van der Waals surface area contributed by atoms with Gasteiger partial charge in [-0.05, 0) is 56.1 Å². The van der Waals surface area contributed by atoms with E-state index in [9.17, 15) is 0 Å². The summed E-state index contributed by atoms with van der Waals surface area (Å²) in [6.45, 7) is 2.09. The first-order valence-electron chi connectivity index (χ1n) is 9.33. The first-order chi connectivity index (χ1) is 12.3. The lowest BCUT2D eigenvalue weighted by atomic mass is 9.77. The molecule has 2 saturated carbocycles. The van der Waals surface area contributed by atoms with Crippen LogP contribution in [0.3, 0.4) is 0 Å². The Bertz CT molecular complexity index is 892. The van der Waals surface area contributed by atoms with Crippen LogP contribution < -0.4 is 4.74 Å². The standard InChI is InChI=1S/C21H23N3O/c1-14-19(25-18-12-17(13-18)16-5-3-2-4-6-16)9-10-24-20(11-15-7-8-15)22-23-21(14)24/h2-6,9-10,15,17-18H,7-8,11-13H2,1H3/t17-,18-. The van der Waals surface area contributed by atoms with Crippen LogP contribution in [0, 0.1) is 12.8 Å². The average molecular weight is 333 g/mol. The van der Waals surface area contributed by atoms with Crippen molar-refractivity contribution in [3.63, 3.8) is 0 Å². The molecule has 25 heavy (non-hydrogen) atoms. The first-order valence-corrected chi connectivity index (χ1v) is 9.33. The topological polar surface area (TPSA) is 39.4 Å². The zero-order valence-electron chi connectivity index (χ0n) is 14.6. The van der Waals surface area contributed by atoms with Crippen molar-refractivity contribution in [2.45, 2.75) is 51.0 Å². The Hall–Kier alpha value is -2.36. The van der Waals surface area contributed by atoms with Crippen molar-refractivity contribution in [1.29, 1.82) is 0 Å². The van der Waals surface area contributed by atoms with E-state index < -0.39 is 0 Å². The molecule has 0 radical (unpaired) electrons. The zero-order valence-corrected chi connectivity index (χ0v) is 14.6. The molecule has 2 aliphatic carbocycles. The van der Waals surface area contributed by atoms with Crippen LogP contribution in [0.1, 0.15) is 48.6 Å². The van der Waals surface area contributed by atoms with Gasteiger partial charge in [-0.3, -0.25) is 4.40 Å². The van der Waals surface area contributed by atoms with Crippen LogP contribution in [0.15, 0.2) is 42.6 Å². The summed E-state index contributed by atoms with van der Waals surface area (Å²) in [5.74, 6) is 3.48. The van der Waals surface area contributed by atoms with Crippen molar-refractivity contribution in [1.82, 2.24) is 14.6 Å². The summed E-state index contributed by atoms with van der Waals surface area (Å²) in [4.78, 5) is 0. The molecule has 0 saturated heterocycles. The van der Waals surface area contributed by atoms with E-state index in [4.69, 9.17) is 4.74 Å². The lowest BCUT2D eigenvalue weighted by Crippen LogP contribution is -2.32. The minimum absolute atomic E-state index is 0.306. The van der Waals surface area contributed by atoms with Crippen LogP contribution in [-0.2, 0) is 6.42 Å². The van der Waals surface area contributed by atoms with Gasteiger partial charge in [0, 0.05) is 18.2 Å². The molecule has 0 unspecified atom stereocenters. The second-order valence-corrected chi connectivity index (χ2v) is 7.58. The first kappa shape index (κ1) is 14.9. The Kier molecular flexibility index (Phi) is 3.51. The minimum atomic E-state index is 0.306. The fourth-order valence-corrected chi connectivity index (χ4v) is 3.80. The molecule has 2 heterocycles. The summed E-state index contributed by atoms with van der Waals surface area (Å²) in [7, 11) is 0. The van der Waals surface area contributed by atoms with Crippen LogP contribution in [0.4, 0.5) is 0 Å². The van der Waals surface area contributed by atoms with Gasteiger partial charge < -0.3 is 4.74 Å². The van der Waals surface area contributed by atoms with Crippen molar-refractivity contribution < 1.29 is 4.74 Å². The Balaban J connectivity index is 1.30. The molecule has 0 spiro atoms.